The van der Waals surface area contributed by atoms with E-state index in [4.69, 9.17) is 4.74 Å². The molecule has 0 saturated carbocycles. The molecular formula is C13H26O. The van der Waals surface area contributed by atoms with E-state index in [0.717, 1.165) is 19.6 Å². The number of ether oxygens (including phenoxy) is 1. The minimum atomic E-state index is 0.819. The third-order valence-corrected chi connectivity index (χ3v) is 1.75. The second-order valence-electron chi connectivity index (χ2n) is 2.61. The number of rotatable bonds is 1. The Hall–Kier alpha value is -0.560. The van der Waals surface area contributed by atoms with E-state index in [1.807, 2.05) is 27.7 Å². The van der Waals surface area contributed by atoms with Crippen molar-refractivity contribution in [3.63, 3.8) is 0 Å². The summed E-state index contributed by atoms with van der Waals surface area (Å²) >= 11 is 0. The van der Waals surface area contributed by atoms with Crippen LogP contribution in [-0.2, 0) is 4.74 Å². The van der Waals surface area contributed by atoms with Crippen molar-refractivity contribution in [2.75, 3.05) is 13.2 Å². The van der Waals surface area contributed by atoms with Crippen LogP contribution in [0.1, 0.15) is 48.0 Å². The van der Waals surface area contributed by atoms with E-state index in [1.54, 1.807) is 0 Å². The molecule has 84 valence electrons. The van der Waals surface area contributed by atoms with Crippen molar-refractivity contribution < 1.29 is 4.74 Å². The highest BCUT2D eigenvalue weighted by atomic mass is 16.5. The molecule has 0 bridgehead atoms. The predicted molar refractivity (Wildman–Crippen MR) is 65.6 cm³/mol. The molecule has 0 aromatic rings. The van der Waals surface area contributed by atoms with E-state index < -0.39 is 0 Å². The van der Waals surface area contributed by atoms with Gasteiger partial charge < -0.3 is 4.74 Å². The number of hydrogen-bond donors (Lipinski definition) is 0. The SMILES string of the molecule is C/C=C\C1=C(C)COCC1.CC.CC. The van der Waals surface area contributed by atoms with E-state index in [-0.39, 0.29) is 0 Å². The van der Waals surface area contributed by atoms with Crippen LogP contribution in [0.15, 0.2) is 23.3 Å². The minimum Gasteiger partial charge on any atom is -0.377 e. The molecule has 0 unspecified atom stereocenters. The van der Waals surface area contributed by atoms with E-state index >= 15 is 0 Å². The predicted octanol–water partition coefficient (Wildman–Crippen LogP) is 4.35. The number of allylic oxidation sites excluding steroid dienone is 2. The van der Waals surface area contributed by atoms with Crippen molar-refractivity contribution in [3.05, 3.63) is 23.3 Å². The van der Waals surface area contributed by atoms with Gasteiger partial charge in [0.2, 0.25) is 0 Å². The lowest BCUT2D eigenvalue weighted by Crippen LogP contribution is -2.07. The van der Waals surface area contributed by atoms with E-state index in [0.29, 0.717) is 0 Å². The van der Waals surface area contributed by atoms with Crippen molar-refractivity contribution in [1.29, 1.82) is 0 Å². The summed E-state index contributed by atoms with van der Waals surface area (Å²) in [4.78, 5) is 0. The van der Waals surface area contributed by atoms with Crippen molar-refractivity contribution in [1.82, 2.24) is 0 Å². The van der Waals surface area contributed by atoms with Gasteiger partial charge in [0, 0.05) is 0 Å². The zero-order chi connectivity index (χ0) is 11.4. The van der Waals surface area contributed by atoms with Gasteiger partial charge in [-0.15, -0.1) is 0 Å². The topological polar surface area (TPSA) is 9.23 Å². The molecule has 0 spiro atoms. The van der Waals surface area contributed by atoms with Gasteiger partial charge in [0.25, 0.3) is 0 Å². The Kier molecular flexibility index (Phi) is 14.1. The van der Waals surface area contributed by atoms with Crippen LogP contribution in [0.2, 0.25) is 0 Å². The summed E-state index contributed by atoms with van der Waals surface area (Å²) in [5.41, 5.74) is 2.83. The normalized spacial score (nSPS) is 15.6. The van der Waals surface area contributed by atoms with Crippen LogP contribution in [0, 0.1) is 0 Å². The van der Waals surface area contributed by atoms with E-state index in [9.17, 15) is 0 Å². The Morgan fingerprint density at radius 3 is 2.14 bits per heavy atom. The van der Waals surface area contributed by atoms with Crippen LogP contribution in [0.4, 0.5) is 0 Å². The molecule has 0 N–H and O–H groups in total. The van der Waals surface area contributed by atoms with Crippen molar-refractivity contribution in [2.24, 2.45) is 0 Å². The minimum absolute atomic E-state index is 0.819. The Bertz CT molecular complexity index is 166. The summed E-state index contributed by atoms with van der Waals surface area (Å²) in [6.07, 6.45) is 5.35. The first-order chi connectivity index (χ1) is 6.84. The van der Waals surface area contributed by atoms with Crippen LogP contribution in [-0.4, -0.2) is 13.2 Å². The summed E-state index contributed by atoms with van der Waals surface area (Å²) in [5.74, 6) is 0. The third-order valence-electron chi connectivity index (χ3n) is 1.75. The van der Waals surface area contributed by atoms with Crippen molar-refractivity contribution in [3.8, 4) is 0 Å². The van der Waals surface area contributed by atoms with Gasteiger partial charge in [-0.1, -0.05) is 39.8 Å². The Labute approximate surface area is 89.9 Å². The maximum atomic E-state index is 5.27. The van der Waals surface area contributed by atoms with Gasteiger partial charge >= 0.3 is 0 Å². The monoisotopic (exact) mass is 198 g/mol. The first kappa shape index (κ1) is 15.9. The van der Waals surface area contributed by atoms with Crippen LogP contribution in [0.3, 0.4) is 0 Å². The molecule has 0 atom stereocenters. The smallest absolute Gasteiger partial charge is 0.0679 e. The quantitative estimate of drug-likeness (QED) is 0.608. The molecule has 1 heteroatoms. The Morgan fingerprint density at radius 2 is 1.71 bits per heavy atom. The highest BCUT2D eigenvalue weighted by Crippen LogP contribution is 2.15. The van der Waals surface area contributed by atoms with Crippen LogP contribution in [0.5, 0.6) is 0 Å². The summed E-state index contributed by atoms with van der Waals surface area (Å²) in [6.45, 7) is 13.9. The molecule has 0 aromatic carbocycles. The third kappa shape index (κ3) is 6.90. The lowest BCUT2D eigenvalue weighted by Gasteiger charge is -2.15. The maximum absolute atomic E-state index is 5.27. The molecule has 14 heavy (non-hydrogen) atoms. The zero-order valence-electron chi connectivity index (χ0n) is 10.7. The second-order valence-corrected chi connectivity index (χ2v) is 2.61. The lowest BCUT2D eigenvalue weighted by molar-refractivity contribution is 0.148. The summed E-state index contributed by atoms with van der Waals surface area (Å²) in [7, 11) is 0. The average molecular weight is 198 g/mol. The van der Waals surface area contributed by atoms with E-state index in [1.165, 1.54) is 11.1 Å². The first-order valence-corrected chi connectivity index (χ1v) is 5.73. The fraction of sp³-hybridized carbons (Fsp3) is 0.692. The van der Waals surface area contributed by atoms with Gasteiger partial charge in [0.15, 0.2) is 0 Å². The number of hydrogen-bond acceptors (Lipinski definition) is 1. The molecule has 0 saturated heterocycles. The average Bonchev–Trinajstić information content (AvgIpc) is 2.28. The van der Waals surface area contributed by atoms with Crippen molar-refractivity contribution in [2.45, 2.75) is 48.0 Å². The standard InChI is InChI=1S/C9H14O.2C2H6/c1-3-4-9-5-6-10-7-8(9)2;2*1-2/h3-4H,5-7H2,1-2H3;2*1-2H3/b4-3-;;. The molecule has 1 nitrogen and oxygen atoms in total. The highest BCUT2D eigenvalue weighted by molar-refractivity contribution is 5.25. The van der Waals surface area contributed by atoms with Crippen molar-refractivity contribution >= 4 is 0 Å². The van der Waals surface area contributed by atoms with Crippen LogP contribution in [0.25, 0.3) is 0 Å². The van der Waals surface area contributed by atoms with Gasteiger partial charge in [-0.25, -0.2) is 0 Å². The Balaban J connectivity index is 0. The molecule has 1 aliphatic heterocycles. The molecule has 1 aliphatic rings. The van der Waals surface area contributed by atoms with Crippen LogP contribution >= 0.6 is 0 Å². The fourth-order valence-electron chi connectivity index (χ4n) is 1.14. The summed E-state index contributed by atoms with van der Waals surface area (Å²) in [6, 6.07) is 0. The second kappa shape index (κ2) is 12.4. The molecule has 0 aromatic heterocycles. The van der Waals surface area contributed by atoms with Gasteiger partial charge in [0.05, 0.1) is 13.2 Å². The first-order valence-electron chi connectivity index (χ1n) is 5.73. The summed E-state index contributed by atoms with van der Waals surface area (Å²) in [5, 5.41) is 0. The molecule has 0 radical (unpaired) electrons. The molecule has 1 heterocycles. The van der Waals surface area contributed by atoms with Crippen LogP contribution < -0.4 is 0 Å². The molecule has 0 amide bonds. The van der Waals surface area contributed by atoms with Gasteiger partial charge in [-0.3, -0.25) is 0 Å². The lowest BCUT2D eigenvalue weighted by atomic mass is 10.1. The molecule has 0 fully saturated rings. The van der Waals surface area contributed by atoms with Gasteiger partial charge in [-0.2, -0.15) is 0 Å². The fourth-order valence-corrected chi connectivity index (χ4v) is 1.14. The molecular weight excluding hydrogens is 172 g/mol. The maximum Gasteiger partial charge on any atom is 0.0679 e. The zero-order valence-corrected chi connectivity index (χ0v) is 10.7. The molecule has 0 aliphatic carbocycles. The van der Waals surface area contributed by atoms with Gasteiger partial charge in [0.1, 0.15) is 0 Å². The van der Waals surface area contributed by atoms with Gasteiger partial charge in [-0.05, 0) is 31.4 Å². The Morgan fingerprint density at radius 1 is 1.14 bits per heavy atom. The molecule has 1 rings (SSSR count). The summed E-state index contributed by atoms with van der Waals surface area (Å²) < 4.78 is 5.27. The van der Waals surface area contributed by atoms with E-state index in [2.05, 4.69) is 26.0 Å². The highest BCUT2D eigenvalue weighted by Gasteiger charge is 2.04. The largest absolute Gasteiger partial charge is 0.377 e.